The quantitative estimate of drug-likeness (QED) is 0.522. The van der Waals surface area contributed by atoms with Crippen molar-refractivity contribution in [1.29, 1.82) is 0 Å². The molecule has 1 aliphatic heterocycles. The first-order valence-electron chi connectivity index (χ1n) is 9.46. The predicted octanol–water partition coefficient (Wildman–Crippen LogP) is 5.09. The third-order valence-corrected chi connectivity index (χ3v) is 8.28. The summed E-state index contributed by atoms with van der Waals surface area (Å²) in [5, 5.41) is 2.11. The van der Waals surface area contributed by atoms with Gasteiger partial charge in [0, 0.05) is 23.5 Å². The average Bonchev–Trinajstić information content (AvgIpc) is 3.16. The Labute approximate surface area is 170 Å². The standard InChI is InChI=1S/C20H28NO5PS/c1-5-25-27(22,26-6-2)20(16-8-7-9-17(23-3)19(16)24-4)21-12-10-18-15(14-21)11-13-28-18/h7-9,11,13,20H,5-6,10,12,14H2,1-4H3. The van der Waals surface area contributed by atoms with Crippen LogP contribution in [0.15, 0.2) is 29.6 Å². The molecule has 0 N–H and O–H groups in total. The fourth-order valence-electron chi connectivity index (χ4n) is 3.70. The molecule has 0 saturated carbocycles. The van der Waals surface area contributed by atoms with Gasteiger partial charge in [-0.25, -0.2) is 0 Å². The van der Waals surface area contributed by atoms with Gasteiger partial charge in [0.15, 0.2) is 11.5 Å². The van der Waals surface area contributed by atoms with E-state index in [2.05, 4.69) is 16.3 Å². The molecular weight excluding hydrogens is 397 g/mol. The largest absolute Gasteiger partial charge is 0.493 e. The second-order valence-electron chi connectivity index (χ2n) is 6.42. The van der Waals surface area contributed by atoms with Crippen LogP contribution in [-0.4, -0.2) is 38.9 Å². The summed E-state index contributed by atoms with van der Waals surface area (Å²) in [6, 6.07) is 7.77. The van der Waals surface area contributed by atoms with E-state index >= 15 is 0 Å². The number of benzene rings is 1. The lowest BCUT2D eigenvalue weighted by molar-refractivity contribution is 0.153. The fraction of sp³-hybridized carbons (Fsp3) is 0.500. The lowest BCUT2D eigenvalue weighted by atomic mass is 10.1. The van der Waals surface area contributed by atoms with Crippen molar-refractivity contribution in [3.05, 3.63) is 45.6 Å². The summed E-state index contributed by atoms with van der Waals surface area (Å²) in [6.45, 7) is 5.73. The van der Waals surface area contributed by atoms with E-state index in [0.29, 0.717) is 31.3 Å². The number of methoxy groups -OCH3 is 2. The molecule has 0 radical (unpaired) electrons. The molecule has 1 aliphatic rings. The minimum atomic E-state index is -3.49. The molecule has 1 aromatic heterocycles. The summed E-state index contributed by atoms with van der Waals surface area (Å²) in [4.78, 5) is 3.56. The highest BCUT2D eigenvalue weighted by Gasteiger charge is 2.44. The SMILES string of the molecule is CCOP(=O)(OCC)C(c1cccc(OC)c1OC)N1CCc2sccc2C1. The zero-order chi connectivity index (χ0) is 20.1. The van der Waals surface area contributed by atoms with Gasteiger partial charge >= 0.3 is 7.60 Å². The van der Waals surface area contributed by atoms with Crippen LogP contribution in [0.5, 0.6) is 11.5 Å². The van der Waals surface area contributed by atoms with Crippen molar-refractivity contribution in [2.24, 2.45) is 0 Å². The van der Waals surface area contributed by atoms with Crippen molar-refractivity contribution in [3.8, 4) is 11.5 Å². The number of hydrogen-bond acceptors (Lipinski definition) is 7. The first-order valence-corrected chi connectivity index (χ1v) is 12.0. The fourth-order valence-corrected chi connectivity index (χ4v) is 6.81. The second kappa shape index (κ2) is 9.42. The van der Waals surface area contributed by atoms with Gasteiger partial charge < -0.3 is 18.5 Å². The molecule has 0 amide bonds. The molecule has 28 heavy (non-hydrogen) atoms. The number of rotatable bonds is 9. The van der Waals surface area contributed by atoms with Gasteiger partial charge in [-0.05, 0) is 43.3 Å². The van der Waals surface area contributed by atoms with Crippen LogP contribution in [0.25, 0.3) is 0 Å². The lowest BCUT2D eigenvalue weighted by Gasteiger charge is -2.38. The van der Waals surface area contributed by atoms with Crippen molar-refractivity contribution >= 4 is 18.9 Å². The van der Waals surface area contributed by atoms with Crippen LogP contribution in [0.2, 0.25) is 0 Å². The molecule has 0 spiro atoms. The van der Waals surface area contributed by atoms with E-state index in [1.807, 2.05) is 32.0 Å². The number of fused-ring (bicyclic) bond motifs is 1. The third-order valence-electron chi connectivity index (χ3n) is 4.81. The van der Waals surface area contributed by atoms with Gasteiger partial charge in [0.2, 0.25) is 0 Å². The molecule has 1 unspecified atom stereocenters. The summed E-state index contributed by atoms with van der Waals surface area (Å²) in [7, 11) is -0.298. The first kappa shape index (κ1) is 21.3. The summed E-state index contributed by atoms with van der Waals surface area (Å²) in [6.07, 6.45) is 0.911. The summed E-state index contributed by atoms with van der Waals surface area (Å²) < 4.78 is 36.7. The van der Waals surface area contributed by atoms with E-state index in [1.54, 1.807) is 25.6 Å². The number of hydrogen-bond donors (Lipinski definition) is 0. The van der Waals surface area contributed by atoms with Gasteiger partial charge in [0.05, 0.1) is 27.4 Å². The van der Waals surface area contributed by atoms with Crippen LogP contribution in [-0.2, 0) is 26.6 Å². The van der Waals surface area contributed by atoms with E-state index in [1.165, 1.54) is 10.4 Å². The maximum Gasteiger partial charge on any atom is 0.352 e. The van der Waals surface area contributed by atoms with Gasteiger partial charge in [-0.3, -0.25) is 9.46 Å². The van der Waals surface area contributed by atoms with Crippen LogP contribution in [0.1, 0.15) is 35.6 Å². The topological polar surface area (TPSA) is 57.2 Å². The number of para-hydroxylation sites is 1. The van der Waals surface area contributed by atoms with Crippen molar-refractivity contribution in [2.45, 2.75) is 32.6 Å². The molecule has 6 nitrogen and oxygen atoms in total. The Morgan fingerprint density at radius 3 is 2.54 bits per heavy atom. The van der Waals surface area contributed by atoms with E-state index in [-0.39, 0.29) is 0 Å². The number of ether oxygens (including phenoxy) is 2. The molecule has 154 valence electrons. The smallest absolute Gasteiger partial charge is 0.352 e. The van der Waals surface area contributed by atoms with Crippen molar-refractivity contribution in [1.82, 2.24) is 4.90 Å². The lowest BCUT2D eigenvalue weighted by Crippen LogP contribution is -2.34. The average molecular weight is 425 g/mol. The zero-order valence-corrected chi connectivity index (χ0v) is 18.6. The molecule has 3 rings (SSSR count). The second-order valence-corrected chi connectivity index (χ2v) is 9.51. The van der Waals surface area contributed by atoms with Crippen molar-refractivity contribution in [3.63, 3.8) is 0 Å². The van der Waals surface area contributed by atoms with Crippen LogP contribution in [0.4, 0.5) is 0 Å². The molecule has 1 atom stereocenters. The highest BCUT2D eigenvalue weighted by atomic mass is 32.1. The van der Waals surface area contributed by atoms with Crippen LogP contribution >= 0.6 is 18.9 Å². The Morgan fingerprint density at radius 1 is 1.14 bits per heavy atom. The molecule has 2 aromatic rings. The molecule has 8 heteroatoms. The van der Waals surface area contributed by atoms with Gasteiger partial charge in [-0.15, -0.1) is 11.3 Å². The summed E-state index contributed by atoms with van der Waals surface area (Å²) >= 11 is 1.77. The van der Waals surface area contributed by atoms with E-state index in [9.17, 15) is 4.57 Å². The highest BCUT2D eigenvalue weighted by Crippen LogP contribution is 2.64. The Morgan fingerprint density at radius 2 is 1.89 bits per heavy atom. The molecule has 0 fully saturated rings. The predicted molar refractivity (Wildman–Crippen MR) is 112 cm³/mol. The minimum absolute atomic E-state index is 0.303. The normalized spacial score (nSPS) is 15.9. The van der Waals surface area contributed by atoms with Crippen LogP contribution < -0.4 is 9.47 Å². The monoisotopic (exact) mass is 425 g/mol. The molecule has 2 heterocycles. The number of thiophene rings is 1. The number of nitrogens with zero attached hydrogens (tertiary/aromatic N) is 1. The van der Waals surface area contributed by atoms with E-state index in [0.717, 1.165) is 18.5 Å². The summed E-state index contributed by atoms with van der Waals surface area (Å²) in [5.74, 6) is 0.578. The molecule has 0 aliphatic carbocycles. The highest BCUT2D eigenvalue weighted by molar-refractivity contribution is 7.54. The van der Waals surface area contributed by atoms with Crippen molar-refractivity contribution in [2.75, 3.05) is 34.0 Å². The van der Waals surface area contributed by atoms with Gasteiger partial charge in [-0.1, -0.05) is 12.1 Å². The molecule has 1 aromatic carbocycles. The van der Waals surface area contributed by atoms with Gasteiger partial charge in [-0.2, -0.15) is 0 Å². The van der Waals surface area contributed by atoms with E-state index in [4.69, 9.17) is 18.5 Å². The van der Waals surface area contributed by atoms with E-state index < -0.39 is 13.4 Å². The summed E-state index contributed by atoms with van der Waals surface area (Å²) in [5.41, 5.74) is 2.02. The Balaban J connectivity index is 2.11. The van der Waals surface area contributed by atoms with Gasteiger partial charge in [0.1, 0.15) is 5.78 Å². The Kier molecular flexibility index (Phi) is 7.18. The molecule has 0 bridgehead atoms. The Bertz CT molecular complexity index is 830. The minimum Gasteiger partial charge on any atom is -0.493 e. The maximum absolute atomic E-state index is 14.0. The van der Waals surface area contributed by atoms with Crippen molar-refractivity contribution < 1.29 is 23.1 Å². The first-order chi connectivity index (χ1) is 13.6. The molecular formula is C20H28NO5PS. The zero-order valence-electron chi connectivity index (χ0n) is 16.8. The maximum atomic E-state index is 14.0. The third kappa shape index (κ3) is 4.14. The van der Waals surface area contributed by atoms with Crippen LogP contribution in [0, 0.1) is 0 Å². The molecule has 0 saturated heterocycles. The Hall–Kier alpha value is -1.37. The van der Waals surface area contributed by atoms with Crippen LogP contribution in [0.3, 0.4) is 0 Å². The van der Waals surface area contributed by atoms with Gasteiger partial charge in [0.25, 0.3) is 0 Å².